The maximum Gasteiger partial charge on any atom is 0.307 e. The molecular formula is C19H23N3O3. The summed E-state index contributed by atoms with van der Waals surface area (Å²) in [7, 11) is 1.61. The van der Waals surface area contributed by atoms with Crippen LogP contribution >= 0.6 is 0 Å². The zero-order valence-electron chi connectivity index (χ0n) is 14.6. The Morgan fingerprint density at radius 2 is 2.24 bits per heavy atom. The van der Waals surface area contributed by atoms with Gasteiger partial charge in [0.1, 0.15) is 5.75 Å². The lowest BCUT2D eigenvalue weighted by Crippen LogP contribution is -2.60. The highest BCUT2D eigenvalue weighted by molar-refractivity contribution is 5.90. The SMILES string of the molecule is COc1ccccc1-c1cnc(C(=O)N[C@H]2CN3CCC2CC3C)o1. The molecule has 0 spiro atoms. The number of piperidine rings is 3. The molecule has 132 valence electrons. The Morgan fingerprint density at radius 1 is 1.40 bits per heavy atom. The van der Waals surface area contributed by atoms with Crippen LogP contribution in [-0.4, -0.2) is 48.1 Å². The molecule has 3 saturated heterocycles. The Bertz CT molecular complexity index is 773. The van der Waals surface area contributed by atoms with Gasteiger partial charge in [0, 0.05) is 18.6 Å². The van der Waals surface area contributed by atoms with Gasteiger partial charge in [-0.1, -0.05) is 12.1 Å². The molecule has 3 aliphatic heterocycles. The molecule has 6 heteroatoms. The fraction of sp³-hybridized carbons (Fsp3) is 0.474. The molecule has 0 radical (unpaired) electrons. The number of rotatable bonds is 4. The Labute approximate surface area is 147 Å². The van der Waals surface area contributed by atoms with Crippen LogP contribution in [0.1, 0.15) is 30.5 Å². The molecule has 2 bridgehead atoms. The predicted octanol–water partition coefficient (Wildman–Crippen LogP) is 2.56. The van der Waals surface area contributed by atoms with Crippen molar-refractivity contribution < 1.29 is 13.9 Å². The number of ether oxygens (including phenoxy) is 1. The maximum absolute atomic E-state index is 12.6. The normalized spacial score (nSPS) is 27.9. The van der Waals surface area contributed by atoms with Gasteiger partial charge < -0.3 is 14.5 Å². The number of hydrogen-bond acceptors (Lipinski definition) is 5. The lowest BCUT2D eigenvalue weighted by atomic mass is 9.80. The number of aromatic nitrogens is 1. The van der Waals surface area contributed by atoms with Crippen LogP contribution < -0.4 is 10.1 Å². The van der Waals surface area contributed by atoms with Crippen molar-refractivity contribution in [3.8, 4) is 17.1 Å². The second-order valence-corrected chi connectivity index (χ2v) is 6.94. The molecule has 5 rings (SSSR count). The molecular weight excluding hydrogens is 318 g/mol. The summed E-state index contributed by atoms with van der Waals surface area (Å²) >= 11 is 0. The van der Waals surface area contributed by atoms with E-state index in [2.05, 4.69) is 22.1 Å². The smallest absolute Gasteiger partial charge is 0.307 e. The van der Waals surface area contributed by atoms with Gasteiger partial charge in [-0.15, -0.1) is 0 Å². The topological polar surface area (TPSA) is 67.6 Å². The Morgan fingerprint density at radius 3 is 2.96 bits per heavy atom. The molecule has 25 heavy (non-hydrogen) atoms. The zero-order valence-corrected chi connectivity index (χ0v) is 14.6. The molecule has 1 amide bonds. The van der Waals surface area contributed by atoms with Crippen LogP contribution in [0.15, 0.2) is 34.9 Å². The molecule has 3 unspecified atom stereocenters. The molecule has 0 aliphatic carbocycles. The van der Waals surface area contributed by atoms with Crippen LogP contribution in [0.3, 0.4) is 0 Å². The first kappa shape index (κ1) is 16.1. The molecule has 4 heterocycles. The molecule has 2 aromatic rings. The fourth-order valence-electron chi connectivity index (χ4n) is 4.04. The highest BCUT2D eigenvalue weighted by Crippen LogP contribution is 2.33. The van der Waals surface area contributed by atoms with Crippen molar-refractivity contribution >= 4 is 5.91 Å². The van der Waals surface area contributed by atoms with Gasteiger partial charge in [0.05, 0.1) is 18.9 Å². The van der Waals surface area contributed by atoms with E-state index in [0.29, 0.717) is 23.5 Å². The molecule has 6 nitrogen and oxygen atoms in total. The second-order valence-electron chi connectivity index (χ2n) is 6.94. The molecule has 0 saturated carbocycles. The van der Waals surface area contributed by atoms with Gasteiger partial charge in [0.15, 0.2) is 5.76 Å². The van der Waals surface area contributed by atoms with Crippen molar-refractivity contribution in [1.29, 1.82) is 0 Å². The summed E-state index contributed by atoms with van der Waals surface area (Å²) in [6.07, 6.45) is 3.86. The van der Waals surface area contributed by atoms with E-state index in [1.165, 1.54) is 0 Å². The van der Waals surface area contributed by atoms with E-state index < -0.39 is 0 Å². The minimum Gasteiger partial charge on any atom is -0.496 e. The number of nitrogens with zero attached hydrogens (tertiary/aromatic N) is 2. The van der Waals surface area contributed by atoms with E-state index in [0.717, 1.165) is 31.5 Å². The van der Waals surface area contributed by atoms with Crippen molar-refractivity contribution in [2.75, 3.05) is 20.2 Å². The van der Waals surface area contributed by atoms with Crippen LogP contribution in [0, 0.1) is 5.92 Å². The quantitative estimate of drug-likeness (QED) is 0.926. The summed E-state index contributed by atoms with van der Waals surface area (Å²) in [4.78, 5) is 19.2. The molecule has 3 fully saturated rings. The first-order valence-electron chi connectivity index (χ1n) is 8.80. The average molecular weight is 341 g/mol. The number of oxazole rings is 1. The summed E-state index contributed by atoms with van der Waals surface area (Å²) in [5.41, 5.74) is 0.785. The summed E-state index contributed by atoms with van der Waals surface area (Å²) in [5.74, 6) is 1.63. The minimum atomic E-state index is -0.243. The number of nitrogens with one attached hydrogen (secondary N) is 1. The Kier molecular flexibility index (Phi) is 4.21. The van der Waals surface area contributed by atoms with Crippen LogP contribution in [0.4, 0.5) is 0 Å². The molecule has 4 atom stereocenters. The average Bonchev–Trinajstić information content (AvgIpc) is 3.13. The van der Waals surface area contributed by atoms with E-state index in [4.69, 9.17) is 9.15 Å². The zero-order chi connectivity index (χ0) is 17.4. The molecule has 1 aromatic heterocycles. The van der Waals surface area contributed by atoms with E-state index in [9.17, 15) is 4.79 Å². The van der Waals surface area contributed by atoms with Gasteiger partial charge in [-0.25, -0.2) is 4.98 Å². The first-order chi connectivity index (χ1) is 12.2. The number of hydrogen-bond donors (Lipinski definition) is 1. The van der Waals surface area contributed by atoms with Gasteiger partial charge in [-0.3, -0.25) is 9.69 Å². The number of carbonyl (C=O) groups excluding carboxylic acids is 1. The Balaban J connectivity index is 1.48. The largest absolute Gasteiger partial charge is 0.496 e. The van der Waals surface area contributed by atoms with Crippen molar-refractivity contribution in [2.24, 2.45) is 5.92 Å². The summed E-state index contributed by atoms with van der Waals surface area (Å²) < 4.78 is 11.0. The second kappa shape index (κ2) is 6.52. The summed E-state index contributed by atoms with van der Waals surface area (Å²) in [5, 5.41) is 3.11. The van der Waals surface area contributed by atoms with E-state index in [-0.39, 0.29) is 17.8 Å². The van der Waals surface area contributed by atoms with Crippen molar-refractivity contribution in [3.05, 3.63) is 36.4 Å². The molecule has 3 aliphatic rings. The van der Waals surface area contributed by atoms with Crippen molar-refractivity contribution in [2.45, 2.75) is 31.8 Å². The van der Waals surface area contributed by atoms with Gasteiger partial charge in [0.2, 0.25) is 0 Å². The van der Waals surface area contributed by atoms with Crippen molar-refractivity contribution in [3.63, 3.8) is 0 Å². The number of para-hydroxylation sites is 1. The van der Waals surface area contributed by atoms with Gasteiger partial charge >= 0.3 is 5.91 Å². The number of amides is 1. The minimum absolute atomic E-state index is 0.102. The van der Waals surface area contributed by atoms with E-state index in [1.54, 1.807) is 13.3 Å². The number of benzene rings is 1. The van der Waals surface area contributed by atoms with E-state index in [1.807, 2.05) is 24.3 Å². The standard InChI is InChI=1S/C19H23N3O3/c1-12-9-13-7-8-22(12)11-15(13)21-18(23)19-20-10-17(25-19)14-5-3-4-6-16(14)24-2/h3-6,10,12-13,15H,7-9,11H2,1-2H3,(H,21,23)/t12?,13?,15-/m0/s1. The molecule has 1 aromatic carbocycles. The van der Waals surface area contributed by atoms with Crippen LogP contribution in [-0.2, 0) is 0 Å². The van der Waals surface area contributed by atoms with E-state index >= 15 is 0 Å². The van der Waals surface area contributed by atoms with Crippen molar-refractivity contribution in [1.82, 2.24) is 15.2 Å². The van der Waals surface area contributed by atoms with Gasteiger partial charge in [0.25, 0.3) is 5.89 Å². The van der Waals surface area contributed by atoms with Crippen LogP contribution in [0.25, 0.3) is 11.3 Å². The third kappa shape index (κ3) is 3.02. The third-order valence-electron chi connectivity index (χ3n) is 5.44. The third-order valence-corrected chi connectivity index (χ3v) is 5.44. The molecule has 1 N–H and O–H groups in total. The van der Waals surface area contributed by atoms with Gasteiger partial charge in [-0.05, 0) is 44.4 Å². The monoisotopic (exact) mass is 341 g/mol. The highest BCUT2D eigenvalue weighted by Gasteiger charge is 2.39. The summed E-state index contributed by atoms with van der Waals surface area (Å²) in [6, 6.07) is 8.32. The lowest BCUT2D eigenvalue weighted by Gasteiger charge is -2.48. The fourth-order valence-corrected chi connectivity index (χ4v) is 4.04. The lowest BCUT2D eigenvalue weighted by molar-refractivity contribution is 0.0267. The van der Waals surface area contributed by atoms with Crippen LogP contribution in [0.5, 0.6) is 5.75 Å². The maximum atomic E-state index is 12.6. The number of fused-ring (bicyclic) bond motifs is 3. The highest BCUT2D eigenvalue weighted by atomic mass is 16.5. The number of carbonyl (C=O) groups is 1. The van der Waals surface area contributed by atoms with Crippen LogP contribution in [0.2, 0.25) is 0 Å². The predicted molar refractivity (Wildman–Crippen MR) is 93.5 cm³/mol. The number of methoxy groups -OCH3 is 1. The first-order valence-corrected chi connectivity index (χ1v) is 8.80. The van der Waals surface area contributed by atoms with Gasteiger partial charge in [-0.2, -0.15) is 0 Å². The summed E-state index contributed by atoms with van der Waals surface area (Å²) in [6.45, 7) is 4.31. The Hall–Kier alpha value is -2.34.